The molecule has 6 heteroatoms. The molecule has 6 nitrogen and oxygen atoms in total. The number of carbonyl (C=O) groups excluding carboxylic acids is 1. The molecule has 0 bridgehead atoms. The summed E-state index contributed by atoms with van der Waals surface area (Å²) in [6.45, 7) is 0.314. The number of ether oxygens (including phenoxy) is 2. The lowest BCUT2D eigenvalue weighted by molar-refractivity contribution is 0.0592. The minimum atomic E-state index is -0.549. The highest BCUT2D eigenvalue weighted by Gasteiger charge is 2.10. The van der Waals surface area contributed by atoms with E-state index in [1.54, 1.807) is 0 Å². The molecule has 0 unspecified atom stereocenters. The molecule has 0 aliphatic heterocycles. The Hall–Kier alpha value is -1.82. The number of pyridine rings is 1. The molecule has 3 N–H and O–H groups in total. The largest absolute Gasteiger partial charge is 0.476 e. The maximum Gasteiger partial charge on any atom is 0.356 e. The molecular formula is C10H14N2O4. The monoisotopic (exact) mass is 226 g/mol. The molecule has 0 atom stereocenters. The number of anilines is 1. The van der Waals surface area contributed by atoms with Gasteiger partial charge in [-0.25, -0.2) is 9.78 Å². The number of esters is 1. The molecule has 0 fully saturated rings. The van der Waals surface area contributed by atoms with E-state index >= 15 is 0 Å². The first-order chi connectivity index (χ1) is 7.69. The molecule has 1 aromatic heterocycles. The van der Waals surface area contributed by atoms with E-state index in [2.05, 4.69) is 9.72 Å². The van der Waals surface area contributed by atoms with Gasteiger partial charge in [-0.3, -0.25) is 0 Å². The van der Waals surface area contributed by atoms with Crippen molar-refractivity contribution in [3.05, 3.63) is 17.8 Å². The maximum absolute atomic E-state index is 11.2. The second kappa shape index (κ2) is 5.92. The minimum Gasteiger partial charge on any atom is -0.476 e. The molecule has 1 heterocycles. The first-order valence-electron chi connectivity index (χ1n) is 4.77. The number of aromatic nitrogens is 1. The number of rotatable bonds is 5. The van der Waals surface area contributed by atoms with Crippen LogP contribution in [0.5, 0.6) is 5.88 Å². The fourth-order valence-corrected chi connectivity index (χ4v) is 1.02. The van der Waals surface area contributed by atoms with Crippen molar-refractivity contribution in [1.82, 2.24) is 4.98 Å². The molecule has 0 saturated carbocycles. The summed E-state index contributed by atoms with van der Waals surface area (Å²) < 4.78 is 9.73. The van der Waals surface area contributed by atoms with E-state index in [1.165, 1.54) is 19.2 Å². The Morgan fingerprint density at radius 1 is 1.56 bits per heavy atom. The van der Waals surface area contributed by atoms with Crippen molar-refractivity contribution < 1.29 is 19.4 Å². The molecule has 0 aromatic carbocycles. The number of aliphatic hydroxyl groups excluding tert-OH is 1. The zero-order valence-electron chi connectivity index (χ0n) is 8.97. The van der Waals surface area contributed by atoms with E-state index in [4.69, 9.17) is 15.6 Å². The number of methoxy groups -OCH3 is 1. The van der Waals surface area contributed by atoms with Gasteiger partial charge in [0.15, 0.2) is 5.69 Å². The molecule has 0 spiro atoms. The van der Waals surface area contributed by atoms with E-state index in [-0.39, 0.29) is 18.2 Å². The topological polar surface area (TPSA) is 94.7 Å². The molecule has 0 aliphatic carbocycles. The summed E-state index contributed by atoms with van der Waals surface area (Å²) in [7, 11) is 1.27. The molecule has 0 amide bonds. The normalized spacial score (nSPS) is 9.88. The quantitative estimate of drug-likeness (QED) is 0.550. The molecule has 16 heavy (non-hydrogen) atoms. The molecule has 1 aromatic rings. The Kier molecular flexibility index (Phi) is 4.53. The fourth-order valence-electron chi connectivity index (χ4n) is 1.02. The third kappa shape index (κ3) is 3.09. The highest BCUT2D eigenvalue weighted by Crippen LogP contribution is 2.18. The summed E-state index contributed by atoms with van der Waals surface area (Å²) in [5.74, 6) is -0.372. The molecule has 1 rings (SSSR count). The van der Waals surface area contributed by atoms with Gasteiger partial charge >= 0.3 is 5.97 Å². The van der Waals surface area contributed by atoms with Gasteiger partial charge in [0.2, 0.25) is 5.88 Å². The van der Waals surface area contributed by atoms with E-state index in [0.29, 0.717) is 18.7 Å². The zero-order valence-corrected chi connectivity index (χ0v) is 8.97. The number of aliphatic hydroxyl groups is 1. The summed E-state index contributed by atoms with van der Waals surface area (Å²) in [4.78, 5) is 15.1. The highest BCUT2D eigenvalue weighted by atomic mass is 16.5. The Morgan fingerprint density at radius 3 is 2.94 bits per heavy atom. The number of hydrogen-bond acceptors (Lipinski definition) is 6. The minimum absolute atomic E-state index is 0.0244. The molecule has 0 radical (unpaired) electrons. The predicted molar refractivity (Wildman–Crippen MR) is 57.2 cm³/mol. The van der Waals surface area contributed by atoms with Crippen LogP contribution in [0.25, 0.3) is 0 Å². The number of nitrogen functional groups attached to an aromatic ring is 1. The van der Waals surface area contributed by atoms with Crippen molar-refractivity contribution in [2.45, 2.75) is 6.42 Å². The summed E-state index contributed by atoms with van der Waals surface area (Å²) in [5.41, 5.74) is 6.08. The van der Waals surface area contributed by atoms with Gasteiger partial charge < -0.3 is 20.3 Å². The van der Waals surface area contributed by atoms with Crippen molar-refractivity contribution in [3.8, 4) is 5.88 Å². The number of nitrogens with two attached hydrogens (primary N) is 1. The molecule has 0 aliphatic rings. The van der Waals surface area contributed by atoms with Crippen molar-refractivity contribution in [2.24, 2.45) is 0 Å². The van der Waals surface area contributed by atoms with Crippen molar-refractivity contribution in [2.75, 3.05) is 26.1 Å². The van der Waals surface area contributed by atoms with Crippen molar-refractivity contribution in [3.63, 3.8) is 0 Å². The van der Waals surface area contributed by atoms with Gasteiger partial charge in [0.25, 0.3) is 0 Å². The Bertz CT molecular complexity index is 368. The van der Waals surface area contributed by atoms with Gasteiger partial charge in [-0.2, -0.15) is 0 Å². The average Bonchev–Trinajstić information content (AvgIpc) is 2.31. The smallest absolute Gasteiger partial charge is 0.356 e. The van der Waals surface area contributed by atoms with Crippen LogP contribution in [-0.2, 0) is 4.74 Å². The first-order valence-corrected chi connectivity index (χ1v) is 4.77. The second-order valence-electron chi connectivity index (χ2n) is 3.01. The van der Waals surface area contributed by atoms with Crippen LogP contribution in [0.2, 0.25) is 0 Å². The summed E-state index contributed by atoms with van der Waals surface area (Å²) in [6, 6.07) is 2.98. The summed E-state index contributed by atoms with van der Waals surface area (Å²) in [5, 5.41) is 8.59. The van der Waals surface area contributed by atoms with Crippen LogP contribution in [0, 0.1) is 0 Å². The van der Waals surface area contributed by atoms with E-state index in [1.807, 2.05) is 0 Å². The number of carbonyl (C=O) groups is 1. The lowest BCUT2D eigenvalue weighted by Gasteiger charge is -2.08. The van der Waals surface area contributed by atoms with Gasteiger partial charge in [-0.05, 0) is 12.1 Å². The van der Waals surface area contributed by atoms with Crippen molar-refractivity contribution >= 4 is 11.7 Å². The van der Waals surface area contributed by atoms with Crippen LogP contribution >= 0.6 is 0 Å². The van der Waals surface area contributed by atoms with Crippen LogP contribution in [0.15, 0.2) is 12.1 Å². The number of hydrogen-bond donors (Lipinski definition) is 2. The van der Waals surface area contributed by atoms with Crippen LogP contribution < -0.4 is 10.5 Å². The van der Waals surface area contributed by atoms with E-state index < -0.39 is 5.97 Å². The molecular weight excluding hydrogens is 212 g/mol. The van der Waals surface area contributed by atoms with Crippen LogP contribution in [0.3, 0.4) is 0 Å². The van der Waals surface area contributed by atoms with Gasteiger partial charge in [-0.1, -0.05) is 0 Å². The first kappa shape index (κ1) is 12.3. The molecule has 88 valence electrons. The van der Waals surface area contributed by atoms with Gasteiger partial charge in [-0.15, -0.1) is 0 Å². The fraction of sp³-hybridized carbons (Fsp3) is 0.400. The summed E-state index contributed by atoms with van der Waals surface area (Å²) in [6.07, 6.45) is 0.476. The van der Waals surface area contributed by atoms with Crippen LogP contribution in [0.4, 0.5) is 5.69 Å². The third-order valence-electron chi connectivity index (χ3n) is 1.83. The lowest BCUT2D eigenvalue weighted by Crippen LogP contribution is -2.09. The van der Waals surface area contributed by atoms with Crippen LogP contribution in [-0.4, -0.2) is 36.4 Å². The predicted octanol–water partition coefficient (Wildman–Crippen LogP) is 0.212. The van der Waals surface area contributed by atoms with Crippen molar-refractivity contribution in [1.29, 1.82) is 0 Å². The third-order valence-corrected chi connectivity index (χ3v) is 1.83. The lowest BCUT2D eigenvalue weighted by atomic mass is 10.3. The van der Waals surface area contributed by atoms with Gasteiger partial charge in [0, 0.05) is 13.0 Å². The standard InChI is InChI=1S/C10H14N2O4/c1-15-10(14)8-4-3-7(11)9(12-8)16-6-2-5-13/h3-4,13H,2,5-6,11H2,1H3. The maximum atomic E-state index is 11.2. The molecule has 0 saturated heterocycles. The van der Waals surface area contributed by atoms with Gasteiger partial charge in [0.1, 0.15) is 0 Å². The number of nitrogens with zero attached hydrogens (tertiary/aromatic N) is 1. The van der Waals surface area contributed by atoms with Gasteiger partial charge in [0.05, 0.1) is 19.4 Å². The Labute approximate surface area is 93.0 Å². The Morgan fingerprint density at radius 2 is 2.31 bits per heavy atom. The second-order valence-corrected chi connectivity index (χ2v) is 3.01. The zero-order chi connectivity index (χ0) is 12.0. The SMILES string of the molecule is COC(=O)c1ccc(N)c(OCCCO)n1. The van der Waals surface area contributed by atoms with Crippen LogP contribution in [0.1, 0.15) is 16.9 Å². The van der Waals surface area contributed by atoms with E-state index in [9.17, 15) is 4.79 Å². The van der Waals surface area contributed by atoms with E-state index in [0.717, 1.165) is 0 Å². The highest BCUT2D eigenvalue weighted by molar-refractivity contribution is 5.87. The summed E-state index contributed by atoms with van der Waals surface area (Å²) >= 11 is 0. The Balaban J connectivity index is 2.78. The average molecular weight is 226 g/mol.